The Bertz CT molecular complexity index is 1260. The fraction of sp³-hybridized carbons (Fsp3) is 0.367. The van der Waals surface area contributed by atoms with Crippen molar-refractivity contribution in [2.75, 3.05) is 13.7 Å². The van der Waals surface area contributed by atoms with Crippen molar-refractivity contribution < 1.29 is 24.1 Å². The molecule has 1 saturated carbocycles. The number of benzene rings is 3. The molecule has 1 aliphatic carbocycles. The molecule has 182 valence electrons. The molecule has 3 aromatic rings. The average Bonchev–Trinajstić information content (AvgIpc) is 3.34. The van der Waals surface area contributed by atoms with Crippen LogP contribution in [0.2, 0.25) is 0 Å². The van der Waals surface area contributed by atoms with Crippen LogP contribution < -0.4 is 14.2 Å². The molecule has 1 N–H and O–H groups in total. The summed E-state index contributed by atoms with van der Waals surface area (Å²) in [5.74, 6) is 2.85. The molecule has 1 fully saturated rings. The van der Waals surface area contributed by atoms with Gasteiger partial charge in [0, 0.05) is 43.1 Å². The number of aliphatic hydroxyl groups excluding tert-OH is 1. The first-order valence-corrected chi connectivity index (χ1v) is 12.2. The zero-order valence-corrected chi connectivity index (χ0v) is 20.6. The zero-order valence-electron chi connectivity index (χ0n) is 20.6. The molecule has 1 atom stereocenters. The number of aliphatic hydroxyl groups is 1. The minimum Gasteiger partial charge on any atom is -0.492 e. The van der Waals surface area contributed by atoms with Crippen LogP contribution in [0.15, 0.2) is 48.5 Å². The fourth-order valence-corrected chi connectivity index (χ4v) is 5.39. The summed E-state index contributed by atoms with van der Waals surface area (Å²) >= 11 is 0. The molecule has 0 radical (unpaired) electrons. The SMILES string of the molecule is CO.Cc1cc2c(c(C)c1-c1cccc(COc3ccc4c(c3)OCC4CC=O)c1)CC1(CC1)O2. The topological polar surface area (TPSA) is 65.0 Å². The van der Waals surface area contributed by atoms with E-state index in [0.29, 0.717) is 19.6 Å². The first-order chi connectivity index (χ1) is 17.0. The van der Waals surface area contributed by atoms with Crippen LogP contribution in [0.25, 0.3) is 11.1 Å². The van der Waals surface area contributed by atoms with Crippen molar-refractivity contribution in [1.82, 2.24) is 0 Å². The lowest BCUT2D eigenvalue weighted by Crippen LogP contribution is -2.12. The van der Waals surface area contributed by atoms with Gasteiger partial charge in [-0.25, -0.2) is 0 Å². The number of carbonyl (C=O) groups excluding carboxylic acids is 1. The summed E-state index contributed by atoms with van der Waals surface area (Å²) in [5, 5.41) is 7.00. The molecule has 0 amide bonds. The predicted octanol–water partition coefficient (Wildman–Crippen LogP) is 5.69. The first kappa shape index (κ1) is 23.4. The fourth-order valence-electron chi connectivity index (χ4n) is 5.39. The lowest BCUT2D eigenvalue weighted by Gasteiger charge is -2.15. The Labute approximate surface area is 206 Å². The van der Waals surface area contributed by atoms with Crippen LogP contribution in [-0.4, -0.2) is 30.7 Å². The van der Waals surface area contributed by atoms with Crippen LogP contribution in [0.4, 0.5) is 0 Å². The van der Waals surface area contributed by atoms with Gasteiger partial charge in [0.2, 0.25) is 0 Å². The van der Waals surface area contributed by atoms with Crippen LogP contribution in [0.5, 0.6) is 17.2 Å². The minimum absolute atomic E-state index is 0.0979. The molecular weight excluding hydrogens is 440 g/mol. The molecule has 1 spiro atoms. The van der Waals surface area contributed by atoms with Gasteiger partial charge in [0.05, 0.1) is 6.61 Å². The molecule has 5 nitrogen and oxygen atoms in total. The Morgan fingerprint density at radius 2 is 1.91 bits per heavy atom. The lowest BCUT2D eigenvalue weighted by molar-refractivity contribution is -0.108. The number of rotatable bonds is 6. The summed E-state index contributed by atoms with van der Waals surface area (Å²) in [7, 11) is 1.00. The smallest absolute Gasteiger partial charge is 0.126 e. The molecule has 1 unspecified atom stereocenters. The highest BCUT2D eigenvalue weighted by atomic mass is 16.5. The lowest BCUT2D eigenvalue weighted by atomic mass is 9.90. The van der Waals surface area contributed by atoms with Crippen LogP contribution >= 0.6 is 0 Å². The van der Waals surface area contributed by atoms with Gasteiger partial charge in [-0.05, 0) is 72.7 Å². The average molecular weight is 473 g/mol. The number of hydrogen-bond donors (Lipinski definition) is 1. The van der Waals surface area contributed by atoms with E-state index in [0.717, 1.165) is 48.2 Å². The third-order valence-electron chi connectivity index (χ3n) is 7.37. The van der Waals surface area contributed by atoms with Crippen molar-refractivity contribution in [2.24, 2.45) is 0 Å². The maximum absolute atomic E-state index is 10.9. The highest BCUT2D eigenvalue weighted by molar-refractivity contribution is 5.75. The second-order valence-corrected chi connectivity index (χ2v) is 9.73. The Kier molecular flexibility index (Phi) is 6.28. The third kappa shape index (κ3) is 4.41. The van der Waals surface area contributed by atoms with E-state index in [2.05, 4.69) is 44.2 Å². The quantitative estimate of drug-likeness (QED) is 0.467. The van der Waals surface area contributed by atoms with Crippen molar-refractivity contribution in [3.8, 4) is 28.4 Å². The summed E-state index contributed by atoms with van der Waals surface area (Å²) in [4.78, 5) is 10.9. The summed E-state index contributed by atoms with van der Waals surface area (Å²) < 4.78 is 18.1. The van der Waals surface area contributed by atoms with Gasteiger partial charge < -0.3 is 24.1 Å². The second kappa shape index (κ2) is 9.38. The Morgan fingerprint density at radius 3 is 2.69 bits per heavy atom. The summed E-state index contributed by atoms with van der Waals surface area (Å²) in [6.07, 6.45) is 4.84. The van der Waals surface area contributed by atoms with E-state index >= 15 is 0 Å². The van der Waals surface area contributed by atoms with Gasteiger partial charge in [-0.15, -0.1) is 0 Å². The van der Waals surface area contributed by atoms with Crippen LogP contribution in [0, 0.1) is 13.8 Å². The number of carbonyl (C=O) groups is 1. The molecule has 2 heterocycles. The maximum Gasteiger partial charge on any atom is 0.126 e. The van der Waals surface area contributed by atoms with E-state index in [1.54, 1.807) is 0 Å². The maximum atomic E-state index is 10.9. The molecule has 3 aromatic carbocycles. The van der Waals surface area contributed by atoms with Crippen molar-refractivity contribution >= 4 is 6.29 Å². The summed E-state index contributed by atoms with van der Waals surface area (Å²) in [6.45, 7) is 5.46. The number of aryl methyl sites for hydroxylation is 1. The highest BCUT2D eigenvalue weighted by Crippen LogP contribution is 2.52. The molecule has 5 heteroatoms. The zero-order chi connectivity index (χ0) is 24.6. The van der Waals surface area contributed by atoms with Crippen molar-refractivity contribution in [1.29, 1.82) is 0 Å². The van der Waals surface area contributed by atoms with Gasteiger partial charge in [0.25, 0.3) is 0 Å². The second-order valence-electron chi connectivity index (χ2n) is 9.73. The van der Waals surface area contributed by atoms with E-state index in [-0.39, 0.29) is 11.5 Å². The van der Waals surface area contributed by atoms with Gasteiger partial charge in [0.15, 0.2) is 0 Å². The van der Waals surface area contributed by atoms with Gasteiger partial charge in [-0.3, -0.25) is 0 Å². The van der Waals surface area contributed by atoms with Crippen molar-refractivity contribution in [3.63, 3.8) is 0 Å². The number of fused-ring (bicyclic) bond motifs is 2. The molecule has 6 rings (SSSR count). The Balaban J connectivity index is 0.00000124. The number of ether oxygens (including phenoxy) is 3. The normalized spacial score (nSPS) is 18.0. The van der Waals surface area contributed by atoms with Crippen LogP contribution in [0.3, 0.4) is 0 Å². The molecular formula is C30H32O5. The van der Waals surface area contributed by atoms with Crippen LogP contribution in [-0.2, 0) is 17.8 Å². The molecule has 2 aliphatic heterocycles. The van der Waals surface area contributed by atoms with Crippen molar-refractivity contribution in [2.45, 2.75) is 57.7 Å². The molecule has 0 aromatic heterocycles. The monoisotopic (exact) mass is 472 g/mol. The van der Waals surface area contributed by atoms with Crippen molar-refractivity contribution in [3.05, 3.63) is 76.3 Å². The van der Waals surface area contributed by atoms with Gasteiger partial charge in [0.1, 0.15) is 35.7 Å². The number of hydrogen-bond acceptors (Lipinski definition) is 5. The van der Waals surface area contributed by atoms with E-state index in [4.69, 9.17) is 19.3 Å². The van der Waals surface area contributed by atoms with Gasteiger partial charge in [-0.2, -0.15) is 0 Å². The third-order valence-corrected chi connectivity index (χ3v) is 7.37. The Hall–Kier alpha value is -3.31. The first-order valence-electron chi connectivity index (χ1n) is 12.2. The Morgan fingerprint density at radius 1 is 1.09 bits per heavy atom. The number of aldehydes is 1. The van der Waals surface area contributed by atoms with E-state index in [1.165, 1.54) is 40.7 Å². The standard InChI is InChI=1S/C29H28O4.CH4O/c1-18-12-27-25(15-29(33-27)9-10-29)19(2)28(18)21-5-3-4-20(13-21)16-31-23-6-7-24-22(8-11-30)17-32-26(24)14-23;1-2/h3-7,11-14,22H,8-10,15-17H2,1-2H3;2H,1H3. The van der Waals surface area contributed by atoms with E-state index in [9.17, 15) is 4.79 Å². The van der Waals surface area contributed by atoms with Gasteiger partial charge in [-0.1, -0.05) is 24.3 Å². The highest BCUT2D eigenvalue weighted by Gasteiger charge is 2.50. The van der Waals surface area contributed by atoms with E-state index in [1.807, 2.05) is 18.2 Å². The van der Waals surface area contributed by atoms with E-state index < -0.39 is 0 Å². The summed E-state index contributed by atoms with van der Waals surface area (Å²) in [6, 6.07) is 16.8. The van der Waals surface area contributed by atoms with Crippen LogP contribution in [0.1, 0.15) is 53.0 Å². The summed E-state index contributed by atoms with van der Waals surface area (Å²) in [5.41, 5.74) is 8.82. The molecule has 3 aliphatic rings. The predicted molar refractivity (Wildman–Crippen MR) is 135 cm³/mol. The molecule has 35 heavy (non-hydrogen) atoms. The molecule has 0 saturated heterocycles. The largest absolute Gasteiger partial charge is 0.492 e. The minimum atomic E-state index is 0.0979. The van der Waals surface area contributed by atoms with Gasteiger partial charge >= 0.3 is 0 Å². The molecule has 0 bridgehead atoms.